The molecule has 0 saturated heterocycles. The third kappa shape index (κ3) is 10.2. The van der Waals surface area contributed by atoms with E-state index in [-0.39, 0.29) is 12.0 Å². The molecule has 8 heteroatoms. The van der Waals surface area contributed by atoms with Crippen LogP contribution in [0.15, 0.2) is 42.5 Å². The van der Waals surface area contributed by atoms with Gasteiger partial charge >= 0.3 is 12.0 Å². The number of esters is 1. The lowest BCUT2D eigenvalue weighted by Gasteiger charge is -2.24. The minimum absolute atomic E-state index is 0.165. The van der Waals surface area contributed by atoms with Crippen molar-refractivity contribution in [1.29, 1.82) is 0 Å². The number of hydrogen-bond donors (Lipinski definition) is 1. The van der Waals surface area contributed by atoms with Gasteiger partial charge in [-0.2, -0.15) is 0 Å². The summed E-state index contributed by atoms with van der Waals surface area (Å²) in [6.45, 7) is 5.71. The first-order valence-electron chi connectivity index (χ1n) is 13.5. The van der Waals surface area contributed by atoms with Crippen molar-refractivity contribution in [2.75, 3.05) is 46.3 Å². The van der Waals surface area contributed by atoms with Crippen molar-refractivity contribution in [3.8, 4) is 11.5 Å². The summed E-state index contributed by atoms with van der Waals surface area (Å²) in [5, 5.41) is 3.01. The van der Waals surface area contributed by atoms with E-state index < -0.39 is 6.10 Å². The fourth-order valence-corrected chi connectivity index (χ4v) is 4.25. The Morgan fingerprint density at radius 3 is 2.34 bits per heavy atom. The predicted molar refractivity (Wildman–Crippen MR) is 150 cm³/mol. The van der Waals surface area contributed by atoms with Crippen molar-refractivity contribution in [2.24, 2.45) is 0 Å². The number of rotatable bonds is 17. The molecule has 210 valence electrons. The third-order valence-electron chi connectivity index (χ3n) is 6.38. The average molecular weight is 529 g/mol. The molecule has 1 unspecified atom stereocenters. The average Bonchev–Trinajstić information content (AvgIpc) is 2.94. The molecule has 2 aromatic rings. The van der Waals surface area contributed by atoms with Crippen molar-refractivity contribution in [2.45, 2.75) is 64.9 Å². The van der Waals surface area contributed by atoms with Crippen molar-refractivity contribution in [3.63, 3.8) is 0 Å². The van der Waals surface area contributed by atoms with Gasteiger partial charge in [-0.25, -0.2) is 9.59 Å². The molecule has 2 amide bonds. The highest BCUT2D eigenvalue weighted by Crippen LogP contribution is 2.29. The minimum Gasteiger partial charge on any atom is -0.497 e. The number of hydrogen-bond acceptors (Lipinski definition) is 6. The molecule has 0 radical (unpaired) electrons. The molecule has 0 aliphatic heterocycles. The zero-order valence-electron chi connectivity index (χ0n) is 23.6. The Morgan fingerprint density at radius 2 is 1.66 bits per heavy atom. The van der Waals surface area contributed by atoms with Crippen LogP contribution in [-0.2, 0) is 27.1 Å². The molecule has 0 fully saturated rings. The quantitative estimate of drug-likeness (QED) is 0.204. The SMILES string of the molecule is CCCCCCCN(CCc1cccc(CC(OCC)C(=O)OC)c1)C(=O)Nc1ccc(OC)cc1OC. The fourth-order valence-electron chi connectivity index (χ4n) is 4.25. The Bertz CT molecular complexity index is 996. The van der Waals surface area contributed by atoms with Gasteiger partial charge in [-0.3, -0.25) is 0 Å². The summed E-state index contributed by atoms with van der Waals surface area (Å²) >= 11 is 0. The molecule has 2 aromatic carbocycles. The van der Waals surface area contributed by atoms with Crippen molar-refractivity contribution in [1.82, 2.24) is 4.90 Å². The van der Waals surface area contributed by atoms with Crippen LogP contribution in [0.4, 0.5) is 10.5 Å². The van der Waals surface area contributed by atoms with Crippen LogP contribution >= 0.6 is 0 Å². The lowest BCUT2D eigenvalue weighted by atomic mass is 10.0. The summed E-state index contributed by atoms with van der Waals surface area (Å²) < 4.78 is 21.2. The summed E-state index contributed by atoms with van der Waals surface area (Å²) in [6, 6.07) is 13.2. The van der Waals surface area contributed by atoms with Gasteiger partial charge in [0.1, 0.15) is 11.5 Å². The normalized spacial score (nSPS) is 11.5. The molecule has 8 nitrogen and oxygen atoms in total. The molecule has 0 bridgehead atoms. The number of carbonyl (C=O) groups is 2. The Kier molecular flexibility index (Phi) is 14.1. The Labute approximate surface area is 227 Å². The van der Waals surface area contributed by atoms with Gasteiger partial charge in [-0.05, 0) is 43.0 Å². The van der Waals surface area contributed by atoms with Crippen molar-refractivity contribution < 1.29 is 28.5 Å². The Hall–Kier alpha value is -3.26. The highest BCUT2D eigenvalue weighted by Gasteiger charge is 2.20. The number of nitrogens with one attached hydrogen (secondary N) is 1. The molecule has 0 heterocycles. The van der Waals surface area contributed by atoms with Gasteiger partial charge < -0.3 is 29.2 Å². The molecule has 0 aliphatic rings. The third-order valence-corrected chi connectivity index (χ3v) is 6.38. The summed E-state index contributed by atoms with van der Waals surface area (Å²) in [5.41, 5.74) is 2.68. The van der Waals surface area contributed by atoms with Gasteiger partial charge in [0.15, 0.2) is 6.10 Å². The second kappa shape index (κ2) is 17.3. The standard InChI is InChI=1S/C30H44N2O6/c1-6-8-9-10-11-18-32(30(34)31-26-16-15-25(35-3)22-27(26)36-4)19-17-23-13-12-14-24(20-23)21-28(38-7-2)29(33)37-5/h12-16,20,22,28H,6-11,17-19,21H2,1-5H3,(H,31,34). The van der Waals surface area contributed by atoms with E-state index >= 15 is 0 Å². The summed E-state index contributed by atoms with van der Waals surface area (Å²) in [6.07, 6.45) is 6.08. The molecule has 0 spiro atoms. The van der Waals surface area contributed by atoms with Gasteiger partial charge in [0.25, 0.3) is 0 Å². The van der Waals surface area contributed by atoms with E-state index in [1.165, 1.54) is 26.4 Å². The first-order chi connectivity index (χ1) is 18.4. The predicted octanol–water partition coefficient (Wildman–Crippen LogP) is 5.87. The van der Waals surface area contributed by atoms with E-state index in [4.69, 9.17) is 18.9 Å². The van der Waals surface area contributed by atoms with Gasteiger partial charge in [-0.15, -0.1) is 0 Å². The first kappa shape index (κ1) is 31.0. The maximum Gasteiger partial charge on any atom is 0.335 e. The van der Waals surface area contributed by atoms with Gasteiger partial charge in [0, 0.05) is 32.2 Å². The van der Waals surface area contributed by atoms with E-state index in [2.05, 4.69) is 18.3 Å². The number of ether oxygens (including phenoxy) is 4. The van der Waals surface area contributed by atoms with Crippen LogP contribution in [0.5, 0.6) is 11.5 Å². The van der Waals surface area contributed by atoms with Crippen LogP contribution in [0, 0.1) is 0 Å². The van der Waals surface area contributed by atoms with E-state index in [0.29, 0.717) is 49.7 Å². The Balaban J connectivity index is 2.10. The van der Waals surface area contributed by atoms with Gasteiger partial charge in [0.2, 0.25) is 0 Å². The highest BCUT2D eigenvalue weighted by molar-refractivity contribution is 5.91. The number of nitrogens with zero attached hydrogens (tertiary/aromatic N) is 1. The number of urea groups is 1. The second-order valence-corrected chi connectivity index (χ2v) is 9.14. The first-order valence-corrected chi connectivity index (χ1v) is 13.5. The topological polar surface area (TPSA) is 86.3 Å². The molecular weight excluding hydrogens is 484 g/mol. The lowest BCUT2D eigenvalue weighted by Crippen LogP contribution is -2.37. The molecule has 0 saturated carbocycles. The number of benzene rings is 2. The van der Waals surface area contributed by atoms with Crippen LogP contribution < -0.4 is 14.8 Å². The number of carbonyl (C=O) groups excluding carboxylic acids is 2. The monoisotopic (exact) mass is 528 g/mol. The maximum absolute atomic E-state index is 13.3. The minimum atomic E-state index is -0.634. The van der Waals surface area contributed by atoms with E-state index in [1.54, 1.807) is 32.4 Å². The van der Waals surface area contributed by atoms with Crippen molar-refractivity contribution >= 4 is 17.7 Å². The van der Waals surface area contributed by atoms with Gasteiger partial charge in [0.05, 0.1) is 27.0 Å². The van der Waals surface area contributed by atoms with Crippen molar-refractivity contribution in [3.05, 3.63) is 53.6 Å². The zero-order chi connectivity index (χ0) is 27.8. The lowest BCUT2D eigenvalue weighted by molar-refractivity contribution is -0.153. The molecule has 2 rings (SSSR count). The number of amides is 2. The smallest absolute Gasteiger partial charge is 0.335 e. The Morgan fingerprint density at radius 1 is 0.895 bits per heavy atom. The fraction of sp³-hybridized carbons (Fsp3) is 0.533. The summed E-state index contributed by atoms with van der Waals surface area (Å²) in [4.78, 5) is 27.3. The van der Waals surface area contributed by atoms with Crippen LogP contribution in [0.3, 0.4) is 0 Å². The van der Waals surface area contributed by atoms with Gasteiger partial charge in [-0.1, -0.05) is 56.9 Å². The molecule has 38 heavy (non-hydrogen) atoms. The molecular formula is C30H44N2O6. The van der Waals surface area contributed by atoms with Crippen LogP contribution in [0.1, 0.15) is 57.1 Å². The van der Waals surface area contributed by atoms with E-state index in [0.717, 1.165) is 24.0 Å². The summed E-state index contributed by atoms with van der Waals surface area (Å²) in [7, 11) is 4.53. The maximum atomic E-state index is 13.3. The zero-order valence-corrected chi connectivity index (χ0v) is 23.6. The highest BCUT2D eigenvalue weighted by atomic mass is 16.6. The van der Waals surface area contributed by atoms with Crippen LogP contribution in [0.25, 0.3) is 0 Å². The second-order valence-electron chi connectivity index (χ2n) is 9.14. The largest absolute Gasteiger partial charge is 0.497 e. The van der Waals surface area contributed by atoms with Crippen LogP contribution in [0.2, 0.25) is 0 Å². The molecule has 0 aromatic heterocycles. The van der Waals surface area contributed by atoms with E-state index in [9.17, 15) is 9.59 Å². The number of unbranched alkanes of at least 4 members (excludes halogenated alkanes) is 4. The molecule has 0 aliphatic carbocycles. The number of anilines is 1. The molecule has 1 N–H and O–H groups in total. The van der Waals surface area contributed by atoms with E-state index in [1.807, 2.05) is 30.0 Å². The van der Waals surface area contributed by atoms with Crippen LogP contribution in [-0.4, -0.2) is 64.0 Å². The summed E-state index contributed by atoms with van der Waals surface area (Å²) in [5.74, 6) is 0.825. The molecule has 1 atom stereocenters. The number of methoxy groups -OCH3 is 3.